The summed E-state index contributed by atoms with van der Waals surface area (Å²) in [5.74, 6) is -4.22. The number of fused-ring (bicyclic) bond motifs is 1. The lowest BCUT2D eigenvalue weighted by Crippen LogP contribution is -2.65. The number of anilines is 1. The van der Waals surface area contributed by atoms with Crippen molar-refractivity contribution in [2.45, 2.75) is 13.0 Å². The fourth-order valence-corrected chi connectivity index (χ4v) is 6.08. The van der Waals surface area contributed by atoms with Gasteiger partial charge in [0.1, 0.15) is 5.70 Å². The third-order valence-corrected chi connectivity index (χ3v) is 7.93. The predicted molar refractivity (Wildman–Crippen MR) is 155 cm³/mol. The van der Waals surface area contributed by atoms with Gasteiger partial charge in [0.15, 0.2) is 22.4 Å². The Balaban J connectivity index is 2.00. The molecule has 0 saturated carbocycles. The molecule has 0 aromatic heterocycles. The number of ketones is 2. The second-order valence-corrected chi connectivity index (χ2v) is 10.1. The highest BCUT2D eigenvalue weighted by molar-refractivity contribution is 6.36. The van der Waals surface area contributed by atoms with Crippen molar-refractivity contribution in [3.8, 4) is 12.1 Å². The number of rotatable bonds is 5. The number of hydrogen-bond donors (Lipinski definition) is 0. The largest absolute Gasteiger partial charge is 0.466 e. The second-order valence-electron chi connectivity index (χ2n) is 10.1. The fourth-order valence-electron chi connectivity index (χ4n) is 6.08. The Morgan fingerprint density at radius 2 is 1.42 bits per heavy atom. The first-order valence-corrected chi connectivity index (χ1v) is 13.2. The number of esters is 2. The van der Waals surface area contributed by atoms with E-state index in [0.29, 0.717) is 11.3 Å². The molecule has 1 heterocycles. The Bertz CT molecular complexity index is 1780. The summed E-state index contributed by atoms with van der Waals surface area (Å²) in [6.45, 7) is 1.89. The van der Waals surface area contributed by atoms with Gasteiger partial charge in [-0.05, 0) is 24.6 Å². The average molecular weight is 572 g/mol. The van der Waals surface area contributed by atoms with E-state index in [0.717, 1.165) is 19.8 Å². The van der Waals surface area contributed by atoms with Gasteiger partial charge in [-0.1, -0.05) is 84.4 Å². The Morgan fingerprint density at radius 1 is 0.837 bits per heavy atom. The Kier molecular flexibility index (Phi) is 7.27. The minimum absolute atomic E-state index is 0.0810. The van der Waals surface area contributed by atoms with Crippen LogP contribution in [0.1, 0.15) is 31.8 Å². The number of carbonyl (C=O) groups is 4. The van der Waals surface area contributed by atoms with Gasteiger partial charge in [0.25, 0.3) is 0 Å². The van der Waals surface area contributed by atoms with Crippen LogP contribution in [-0.4, -0.2) is 43.8 Å². The standard InChI is InChI=1S/C34H25N3O6/c1-21-10-9-11-22(18-21)16-17-26-33(19-35,20-36)34(29(38)24-14-7-8-15-25(24)30(34)39)27(31(40)42-2)28(32(41)43-3)37(26)23-12-5-4-6-13-23/h4-18,26H,1-3H3/b17-16+/t26-/m0/s1. The highest BCUT2D eigenvalue weighted by Crippen LogP contribution is 2.61. The van der Waals surface area contributed by atoms with E-state index in [1.165, 1.54) is 35.2 Å². The molecule has 0 saturated heterocycles. The first-order valence-electron chi connectivity index (χ1n) is 13.2. The minimum Gasteiger partial charge on any atom is -0.466 e. The molecule has 0 fully saturated rings. The summed E-state index contributed by atoms with van der Waals surface area (Å²) in [5.41, 5.74) is -4.79. The van der Waals surface area contributed by atoms with Crippen LogP contribution in [0.15, 0.2) is 96.2 Å². The number of Topliss-reactive ketones (excluding diaryl/α,β-unsaturated/α-hetero) is 2. The van der Waals surface area contributed by atoms with Crippen LogP contribution in [-0.2, 0) is 19.1 Å². The number of benzene rings is 3. The fraction of sp³-hybridized carbons (Fsp3) is 0.176. The zero-order chi connectivity index (χ0) is 30.9. The molecular formula is C34H25N3O6. The van der Waals surface area contributed by atoms with Crippen molar-refractivity contribution >= 4 is 35.3 Å². The molecule has 3 aromatic rings. The number of nitrogens with zero attached hydrogens (tertiary/aromatic N) is 3. The van der Waals surface area contributed by atoms with Crippen molar-refractivity contribution in [3.05, 3.63) is 118 Å². The molecule has 43 heavy (non-hydrogen) atoms. The first kappa shape index (κ1) is 28.7. The molecule has 1 aliphatic carbocycles. The summed E-state index contributed by atoms with van der Waals surface area (Å²) in [4.78, 5) is 57.9. The monoisotopic (exact) mass is 571 g/mol. The highest BCUT2D eigenvalue weighted by Gasteiger charge is 2.76. The van der Waals surface area contributed by atoms with Crippen molar-refractivity contribution in [1.82, 2.24) is 0 Å². The molecule has 1 spiro atoms. The van der Waals surface area contributed by atoms with Gasteiger partial charge >= 0.3 is 11.9 Å². The van der Waals surface area contributed by atoms with Crippen LogP contribution in [0, 0.1) is 40.4 Å². The highest BCUT2D eigenvalue weighted by atomic mass is 16.5. The average Bonchev–Trinajstić information content (AvgIpc) is 3.26. The lowest BCUT2D eigenvalue weighted by molar-refractivity contribution is -0.141. The van der Waals surface area contributed by atoms with E-state index in [2.05, 4.69) is 0 Å². The van der Waals surface area contributed by atoms with Gasteiger partial charge in [0.2, 0.25) is 0 Å². The summed E-state index contributed by atoms with van der Waals surface area (Å²) < 4.78 is 10.2. The maximum Gasteiger partial charge on any atom is 0.355 e. The molecule has 9 nitrogen and oxygen atoms in total. The van der Waals surface area contributed by atoms with E-state index in [-0.39, 0.29) is 11.1 Å². The maximum atomic E-state index is 14.6. The third-order valence-electron chi connectivity index (χ3n) is 7.93. The molecule has 2 aliphatic rings. The topological polar surface area (TPSA) is 138 Å². The van der Waals surface area contributed by atoms with E-state index in [9.17, 15) is 29.7 Å². The summed E-state index contributed by atoms with van der Waals surface area (Å²) >= 11 is 0. The van der Waals surface area contributed by atoms with E-state index >= 15 is 0 Å². The number of para-hydroxylation sites is 1. The molecule has 0 unspecified atom stereocenters. The zero-order valence-corrected chi connectivity index (χ0v) is 23.5. The summed E-state index contributed by atoms with van der Waals surface area (Å²) in [5, 5.41) is 22.0. The Morgan fingerprint density at radius 3 is 1.95 bits per heavy atom. The van der Waals surface area contributed by atoms with E-state index in [1.807, 2.05) is 37.3 Å². The summed E-state index contributed by atoms with van der Waals surface area (Å²) in [6, 6.07) is 24.0. The second kappa shape index (κ2) is 10.9. The van der Waals surface area contributed by atoms with E-state index < -0.39 is 51.6 Å². The van der Waals surface area contributed by atoms with Crippen LogP contribution in [0.4, 0.5) is 5.69 Å². The van der Waals surface area contributed by atoms with Gasteiger partial charge in [-0.15, -0.1) is 0 Å². The number of nitriles is 2. The number of hydrogen-bond acceptors (Lipinski definition) is 9. The van der Waals surface area contributed by atoms with Crippen LogP contribution >= 0.6 is 0 Å². The lowest BCUT2D eigenvalue weighted by atomic mass is 9.52. The van der Waals surface area contributed by atoms with Gasteiger partial charge in [0.05, 0.1) is 38.0 Å². The number of carbonyl (C=O) groups excluding carboxylic acids is 4. The molecule has 0 N–H and O–H groups in total. The third kappa shape index (κ3) is 3.98. The smallest absolute Gasteiger partial charge is 0.355 e. The van der Waals surface area contributed by atoms with E-state index in [4.69, 9.17) is 9.47 Å². The molecule has 3 aromatic carbocycles. The molecule has 1 atom stereocenters. The lowest BCUT2D eigenvalue weighted by Gasteiger charge is -2.51. The van der Waals surface area contributed by atoms with Crippen molar-refractivity contribution in [2.75, 3.05) is 19.1 Å². The van der Waals surface area contributed by atoms with E-state index in [1.54, 1.807) is 42.5 Å². The normalized spacial score (nSPS) is 18.3. The van der Waals surface area contributed by atoms with Crippen LogP contribution in [0.2, 0.25) is 0 Å². The maximum absolute atomic E-state index is 14.6. The zero-order valence-electron chi connectivity index (χ0n) is 23.5. The van der Waals surface area contributed by atoms with Crippen LogP contribution in [0.25, 0.3) is 6.08 Å². The van der Waals surface area contributed by atoms with Crippen molar-refractivity contribution in [3.63, 3.8) is 0 Å². The Labute approximate surface area is 247 Å². The molecule has 0 amide bonds. The molecular weight excluding hydrogens is 546 g/mol. The Hall–Kier alpha value is -5.80. The van der Waals surface area contributed by atoms with Crippen LogP contribution < -0.4 is 4.90 Å². The van der Waals surface area contributed by atoms with Crippen molar-refractivity contribution < 1.29 is 28.7 Å². The van der Waals surface area contributed by atoms with Gasteiger partial charge in [-0.2, -0.15) is 10.5 Å². The molecule has 0 bridgehead atoms. The SMILES string of the molecule is COC(=O)C1=C(C(=O)OC)C2(C(=O)c3ccccc3C2=O)C(C#N)(C#N)[C@H](/C=C/c2cccc(C)c2)N1c1ccccc1. The van der Waals surface area contributed by atoms with Gasteiger partial charge in [-0.3, -0.25) is 9.59 Å². The summed E-state index contributed by atoms with van der Waals surface area (Å²) in [7, 11) is 2.10. The minimum atomic E-state index is -2.76. The molecule has 9 heteroatoms. The van der Waals surface area contributed by atoms with Crippen molar-refractivity contribution in [2.24, 2.45) is 10.8 Å². The molecule has 5 rings (SSSR count). The van der Waals surface area contributed by atoms with Crippen LogP contribution in [0.3, 0.4) is 0 Å². The van der Waals surface area contributed by atoms with Gasteiger partial charge in [-0.25, -0.2) is 9.59 Å². The molecule has 0 radical (unpaired) electrons. The number of methoxy groups -OCH3 is 2. The quantitative estimate of drug-likeness (QED) is 0.318. The van der Waals surface area contributed by atoms with Gasteiger partial charge in [0, 0.05) is 16.8 Å². The van der Waals surface area contributed by atoms with Crippen LogP contribution in [0.5, 0.6) is 0 Å². The predicted octanol–water partition coefficient (Wildman–Crippen LogP) is 4.60. The molecule has 212 valence electrons. The molecule has 1 aliphatic heterocycles. The first-order chi connectivity index (χ1) is 20.7. The van der Waals surface area contributed by atoms with Crippen molar-refractivity contribution in [1.29, 1.82) is 10.5 Å². The summed E-state index contributed by atoms with van der Waals surface area (Å²) in [6.07, 6.45) is 3.14. The number of ether oxygens (including phenoxy) is 2. The number of aryl methyl sites for hydroxylation is 1. The van der Waals surface area contributed by atoms with Gasteiger partial charge < -0.3 is 14.4 Å².